The van der Waals surface area contributed by atoms with Gasteiger partial charge in [0.05, 0.1) is 0 Å². The zero-order chi connectivity index (χ0) is 11.2. The van der Waals surface area contributed by atoms with Crippen molar-refractivity contribution in [2.24, 2.45) is 5.73 Å². The number of pyridine rings is 1. The molecule has 1 unspecified atom stereocenters. The molecule has 0 bridgehead atoms. The van der Waals surface area contributed by atoms with Crippen LogP contribution in [0.3, 0.4) is 0 Å². The summed E-state index contributed by atoms with van der Waals surface area (Å²) in [4.78, 5) is 5.42. The van der Waals surface area contributed by atoms with E-state index in [2.05, 4.69) is 22.5 Å². The molecule has 84 valence electrons. The van der Waals surface area contributed by atoms with Crippen LogP contribution in [0, 0.1) is 0 Å². The smallest absolute Gasteiger partial charge is 0.0270 e. The number of aromatic nitrogens is 1. The summed E-state index contributed by atoms with van der Waals surface area (Å²) in [6, 6.07) is 8.57. The van der Waals surface area contributed by atoms with Gasteiger partial charge in [-0.3, -0.25) is 4.98 Å². The standard InChI is InChI=1S/C13H16N2S/c14-12(3-4-13-2-1-9-16-13)10-11-5-7-15-8-6-11/h1-2,5-9,12H,3-4,10,14H2. The Kier molecular flexibility index (Phi) is 4.08. The number of nitrogens with zero attached hydrogens (tertiary/aromatic N) is 1. The average Bonchev–Trinajstić information content (AvgIpc) is 2.81. The van der Waals surface area contributed by atoms with Gasteiger partial charge in [-0.05, 0) is 48.4 Å². The fourth-order valence-electron chi connectivity index (χ4n) is 1.71. The summed E-state index contributed by atoms with van der Waals surface area (Å²) >= 11 is 1.81. The molecule has 0 amide bonds. The maximum absolute atomic E-state index is 6.11. The first-order valence-corrected chi connectivity index (χ1v) is 6.39. The van der Waals surface area contributed by atoms with Gasteiger partial charge in [0.1, 0.15) is 0 Å². The Hall–Kier alpha value is -1.19. The van der Waals surface area contributed by atoms with E-state index in [1.165, 1.54) is 10.4 Å². The number of hydrogen-bond donors (Lipinski definition) is 1. The lowest BCUT2D eigenvalue weighted by atomic mass is 10.0. The first-order chi connectivity index (χ1) is 7.84. The molecule has 0 fully saturated rings. The second-order valence-electron chi connectivity index (χ2n) is 3.94. The fraction of sp³-hybridized carbons (Fsp3) is 0.308. The minimum Gasteiger partial charge on any atom is -0.327 e. The van der Waals surface area contributed by atoms with E-state index in [1.54, 1.807) is 11.3 Å². The Balaban J connectivity index is 1.78. The first kappa shape index (κ1) is 11.3. The lowest BCUT2D eigenvalue weighted by molar-refractivity contribution is 0.613. The average molecular weight is 232 g/mol. The maximum atomic E-state index is 6.11. The molecule has 0 aromatic carbocycles. The SMILES string of the molecule is NC(CCc1cccs1)Cc1ccncc1. The summed E-state index contributed by atoms with van der Waals surface area (Å²) in [5, 5.41) is 2.11. The predicted octanol–water partition coefficient (Wildman–Crippen LogP) is 2.65. The van der Waals surface area contributed by atoms with Crippen LogP contribution in [0.15, 0.2) is 42.0 Å². The van der Waals surface area contributed by atoms with Gasteiger partial charge in [-0.2, -0.15) is 0 Å². The van der Waals surface area contributed by atoms with E-state index in [0.717, 1.165) is 19.3 Å². The molecule has 16 heavy (non-hydrogen) atoms. The van der Waals surface area contributed by atoms with Crippen LogP contribution in [-0.4, -0.2) is 11.0 Å². The van der Waals surface area contributed by atoms with Crippen LogP contribution in [0.2, 0.25) is 0 Å². The lowest BCUT2D eigenvalue weighted by Gasteiger charge is -2.10. The monoisotopic (exact) mass is 232 g/mol. The van der Waals surface area contributed by atoms with Gasteiger partial charge in [0.2, 0.25) is 0 Å². The molecule has 2 N–H and O–H groups in total. The third-order valence-electron chi connectivity index (χ3n) is 2.59. The fourth-order valence-corrected chi connectivity index (χ4v) is 2.43. The molecule has 2 rings (SSSR count). The van der Waals surface area contributed by atoms with Gasteiger partial charge in [-0.25, -0.2) is 0 Å². The van der Waals surface area contributed by atoms with Crippen molar-refractivity contribution in [1.29, 1.82) is 0 Å². The Morgan fingerprint density at radius 3 is 2.75 bits per heavy atom. The Bertz CT molecular complexity index is 397. The lowest BCUT2D eigenvalue weighted by Crippen LogP contribution is -2.23. The summed E-state index contributed by atoms with van der Waals surface area (Å²) in [5.74, 6) is 0. The number of thiophene rings is 1. The second-order valence-corrected chi connectivity index (χ2v) is 4.97. The number of rotatable bonds is 5. The quantitative estimate of drug-likeness (QED) is 0.860. The predicted molar refractivity (Wildman–Crippen MR) is 68.6 cm³/mol. The summed E-state index contributed by atoms with van der Waals surface area (Å²) in [6.07, 6.45) is 6.71. The summed E-state index contributed by atoms with van der Waals surface area (Å²) < 4.78 is 0. The van der Waals surface area contributed by atoms with Crippen LogP contribution in [0.5, 0.6) is 0 Å². The number of aryl methyl sites for hydroxylation is 1. The van der Waals surface area contributed by atoms with Crippen LogP contribution in [0.25, 0.3) is 0 Å². The van der Waals surface area contributed by atoms with Crippen molar-refractivity contribution in [3.8, 4) is 0 Å². The highest BCUT2D eigenvalue weighted by molar-refractivity contribution is 7.09. The molecule has 2 aromatic heterocycles. The van der Waals surface area contributed by atoms with Gasteiger partial charge in [-0.1, -0.05) is 6.07 Å². The van der Waals surface area contributed by atoms with E-state index in [1.807, 2.05) is 24.5 Å². The molecule has 0 saturated carbocycles. The molecule has 3 heteroatoms. The van der Waals surface area contributed by atoms with Crippen molar-refractivity contribution in [3.63, 3.8) is 0 Å². The van der Waals surface area contributed by atoms with Crippen LogP contribution in [-0.2, 0) is 12.8 Å². The van der Waals surface area contributed by atoms with E-state index < -0.39 is 0 Å². The molecule has 1 atom stereocenters. The van der Waals surface area contributed by atoms with Crippen LogP contribution < -0.4 is 5.73 Å². The van der Waals surface area contributed by atoms with E-state index >= 15 is 0 Å². The van der Waals surface area contributed by atoms with Gasteiger partial charge in [-0.15, -0.1) is 11.3 Å². The molecule has 0 aliphatic rings. The first-order valence-electron chi connectivity index (χ1n) is 5.51. The van der Waals surface area contributed by atoms with Crippen molar-refractivity contribution in [2.75, 3.05) is 0 Å². The Morgan fingerprint density at radius 2 is 2.06 bits per heavy atom. The van der Waals surface area contributed by atoms with Crippen molar-refractivity contribution in [1.82, 2.24) is 4.98 Å². The van der Waals surface area contributed by atoms with Gasteiger partial charge in [0.25, 0.3) is 0 Å². The van der Waals surface area contributed by atoms with Crippen molar-refractivity contribution >= 4 is 11.3 Å². The minimum atomic E-state index is 0.240. The number of nitrogens with two attached hydrogens (primary N) is 1. The Morgan fingerprint density at radius 1 is 1.25 bits per heavy atom. The van der Waals surface area contributed by atoms with Crippen LogP contribution >= 0.6 is 11.3 Å². The van der Waals surface area contributed by atoms with Crippen LogP contribution in [0.4, 0.5) is 0 Å². The molecular weight excluding hydrogens is 216 g/mol. The molecule has 2 aromatic rings. The van der Waals surface area contributed by atoms with Crippen molar-refractivity contribution < 1.29 is 0 Å². The second kappa shape index (κ2) is 5.77. The minimum absolute atomic E-state index is 0.240. The molecule has 0 radical (unpaired) electrons. The largest absolute Gasteiger partial charge is 0.327 e. The Labute approximate surface area is 100 Å². The number of hydrogen-bond acceptors (Lipinski definition) is 3. The zero-order valence-electron chi connectivity index (χ0n) is 9.17. The van der Waals surface area contributed by atoms with E-state index in [-0.39, 0.29) is 6.04 Å². The van der Waals surface area contributed by atoms with Gasteiger partial charge < -0.3 is 5.73 Å². The van der Waals surface area contributed by atoms with Gasteiger partial charge in [0.15, 0.2) is 0 Å². The van der Waals surface area contributed by atoms with Gasteiger partial charge in [0, 0.05) is 23.3 Å². The van der Waals surface area contributed by atoms with E-state index in [4.69, 9.17) is 5.73 Å². The molecule has 0 saturated heterocycles. The maximum Gasteiger partial charge on any atom is 0.0270 e. The zero-order valence-corrected chi connectivity index (χ0v) is 9.99. The molecule has 0 aliphatic heterocycles. The molecule has 0 spiro atoms. The van der Waals surface area contributed by atoms with Crippen molar-refractivity contribution in [2.45, 2.75) is 25.3 Å². The highest BCUT2D eigenvalue weighted by Gasteiger charge is 2.04. The van der Waals surface area contributed by atoms with Crippen molar-refractivity contribution in [3.05, 3.63) is 52.5 Å². The van der Waals surface area contributed by atoms with E-state index in [0.29, 0.717) is 0 Å². The summed E-state index contributed by atoms with van der Waals surface area (Å²) in [7, 11) is 0. The van der Waals surface area contributed by atoms with E-state index in [9.17, 15) is 0 Å². The summed E-state index contributed by atoms with van der Waals surface area (Å²) in [5.41, 5.74) is 7.38. The molecule has 2 heterocycles. The molecule has 0 aliphatic carbocycles. The molecular formula is C13H16N2S. The molecule has 2 nitrogen and oxygen atoms in total. The third kappa shape index (κ3) is 3.43. The van der Waals surface area contributed by atoms with Crippen LogP contribution in [0.1, 0.15) is 16.9 Å². The summed E-state index contributed by atoms with van der Waals surface area (Å²) in [6.45, 7) is 0. The highest BCUT2D eigenvalue weighted by Crippen LogP contribution is 2.13. The third-order valence-corrected chi connectivity index (χ3v) is 3.53. The topological polar surface area (TPSA) is 38.9 Å². The highest BCUT2D eigenvalue weighted by atomic mass is 32.1. The van der Waals surface area contributed by atoms with Gasteiger partial charge >= 0.3 is 0 Å². The normalized spacial score (nSPS) is 12.6.